The van der Waals surface area contributed by atoms with E-state index in [0.29, 0.717) is 22.9 Å². The molecular formula is C25H19ClN2O4. The van der Waals surface area contributed by atoms with Gasteiger partial charge in [0.1, 0.15) is 17.9 Å². The maximum atomic E-state index is 13.0. The fourth-order valence-corrected chi connectivity index (χ4v) is 3.36. The number of carbonyl (C=O) groups excluding carboxylic acids is 3. The number of urea groups is 1. The normalized spacial score (nSPS) is 15.1. The largest absolute Gasteiger partial charge is 0.489 e. The SMILES string of the molecule is Cc1ccc(N2C(=O)NC(=O)/C(=C/c3ccc(OCc4ccccc4)cc3)C2=O)cc1Cl. The molecule has 4 amide bonds. The van der Waals surface area contributed by atoms with E-state index >= 15 is 0 Å². The molecule has 0 spiro atoms. The van der Waals surface area contributed by atoms with Gasteiger partial charge in [-0.15, -0.1) is 0 Å². The number of benzene rings is 3. The Balaban J connectivity index is 1.54. The Kier molecular flexibility index (Phi) is 6.05. The van der Waals surface area contributed by atoms with Crippen LogP contribution in [0.2, 0.25) is 5.02 Å². The monoisotopic (exact) mass is 446 g/mol. The molecule has 0 atom stereocenters. The van der Waals surface area contributed by atoms with Crippen LogP contribution in [-0.2, 0) is 16.2 Å². The molecular weight excluding hydrogens is 428 g/mol. The molecule has 160 valence electrons. The average molecular weight is 447 g/mol. The van der Waals surface area contributed by atoms with Gasteiger partial charge in [-0.05, 0) is 54.0 Å². The molecule has 1 saturated heterocycles. The summed E-state index contributed by atoms with van der Waals surface area (Å²) in [7, 11) is 0. The van der Waals surface area contributed by atoms with E-state index in [9.17, 15) is 14.4 Å². The van der Waals surface area contributed by atoms with Gasteiger partial charge in [0.2, 0.25) is 0 Å². The van der Waals surface area contributed by atoms with E-state index in [1.807, 2.05) is 37.3 Å². The first kappa shape index (κ1) is 21.3. The molecule has 1 aliphatic heterocycles. The number of imide groups is 2. The van der Waals surface area contributed by atoms with Gasteiger partial charge >= 0.3 is 6.03 Å². The Morgan fingerprint density at radius 2 is 1.69 bits per heavy atom. The van der Waals surface area contributed by atoms with Gasteiger partial charge in [-0.1, -0.05) is 60.1 Å². The zero-order chi connectivity index (χ0) is 22.7. The number of nitrogens with zero attached hydrogens (tertiary/aromatic N) is 1. The van der Waals surface area contributed by atoms with Crippen molar-refractivity contribution < 1.29 is 19.1 Å². The number of anilines is 1. The molecule has 0 unspecified atom stereocenters. The van der Waals surface area contributed by atoms with Crippen LogP contribution in [0.25, 0.3) is 6.08 Å². The lowest BCUT2D eigenvalue weighted by molar-refractivity contribution is -0.122. The molecule has 7 heteroatoms. The van der Waals surface area contributed by atoms with Crippen molar-refractivity contribution in [3.8, 4) is 5.75 Å². The van der Waals surface area contributed by atoms with Crippen LogP contribution in [0.1, 0.15) is 16.7 Å². The van der Waals surface area contributed by atoms with Crippen molar-refractivity contribution in [1.82, 2.24) is 5.32 Å². The first-order valence-electron chi connectivity index (χ1n) is 9.87. The van der Waals surface area contributed by atoms with Crippen molar-refractivity contribution in [3.63, 3.8) is 0 Å². The van der Waals surface area contributed by atoms with Crippen LogP contribution in [0.5, 0.6) is 5.75 Å². The summed E-state index contributed by atoms with van der Waals surface area (Å²) in [5.41, 5.74) is 2.60. The first-order chi connectivity index (χ1) is 15.4. The molecule has 6 nitrogen and oxygen atoms in total. The minimum Gasteiger partial charge on any atom is -0.489 e. The first-order valence-corrected chi connectivity index (χ1v) is 10.2. The summed E-state index contributed by atoms with van der Waals surface area (Å²) in [5, 5.41) is 2.62. The summed E-state index contributed by atoms with van der Waals surface area (Å²) in [6.07, 6.45) is 1.44. The Hall–Kier alpha value is -3.90. The van der Waals surface area contributed by atoms with Crippen LogP contribution >= 0.6 is 11.6 Å². The number of amides is 4. The molecule has 3 aromatic rings. The Bertz CT molecular complexity index is 1220. The van der Waals surface area contributed by atoms with E-state index in [-0.39, 0.29) is 11.3 Å². The number of ether oxygens (including phenoxy) is 1. The fraction of sp³-hybridized carbons (Fsp3) is 0.0800. The number of halogens is 1. The van der Waals surface area contributed by atoms with Crippen molar-refractivity contribution in [2.75, 3.05) is 4.90 Å². The molecule has 32 heavy (non-hydrogen) atoms. The van der Waals surface area contributed by atoms with Crippen LogP contribution in [-0.4, -0.2) is 17.8 Å². The molecule has 0 saturated carbocycles. The summed E-state index contributed by atoms with van der Waals surface area (Å²) < 4.78 is 5.76. The van der Waals surface area contributed by atoms with Crippen LogP contribution in [0, 0.1) is 6.92 Å². The van der Waals surface area contributed by atoms with E-state index in [4.69, 9.17) is 16.3 Å². The van der Waals surface area contributed by atoms with Gasteiger partial charge < -0.3 is 4.74 Å². The lowest BCUT2D eigenvalue weighted by Gasteiger charge is -2.26. The van der Waals surface area contributed by atoms with Crippen molar-refractivity contribution in [2.24, 2.45) is 0 Å². The zero-order valence-corrected chi connectivity index (χ0v) is 17.9. The molecule has 4 rings (SSSR count). The van der Waals surface area contributed by atoms with Crippen molar-refractivity contribution >= 4 is 41.2 Å². The Labute approximate surface area is 190 Å². The van der Waals surface area contributed by atoms with Crippen LogP contribution < -0.4 is 15.0 Å². The fourth-order valence-electron chi connectivity index (χ4n) is 3.18. The molecule has 0 aromatic heterocycles. The van der Waals surface area contributed by atoms with Gasteiger partial charge in [-0.25, -0.2) is 9.69 Å². The average Bonchev–Trinajstić information content (AvgIpc) is 2.79. The van der Waals surface area contributed by atoms with E-state index in [1.165, 1.54) is 12.1 Å². The zero-order valence-electron chi connectivity index (χ0n) is 17.2. The molecule has 1 heterocycles. The predicted molar refractivity (Wildman–Crippen MR) is 122 cm³/mol. The summed E-state index contributed by atoms with van der Waals surface area (Å²) in [4.78, 5) is 38.6. The number of nitrogens with one attached hydrogen (secondary N) is 1. The van der Waals surface area contributed by atoms with E-state index in [1.54, 1.807) is 36.4 Å². The molecule has 0 radical (unpaired) electrons. The Morgan fingerprint density at radius 3 is 2.38 bits per heavy atom. The van der Waals surface area contributed by atoms with E-state index in [0.717, 1.165) is 16.0 Å². The topological polar surface area (TPSA) is 75.7 Å². The highest BCUT2D eigenvalue weighted by Crippen LogP contribution is 2.27. The number of rotatable bonds is 5. The molecule has 3 aromatic carbocycles. The molecule has 1 fully saturated rings. The van der Waals surface area contributed by atoms with Gasteiger partial charge in [0.15, 0.2) is 0 Å². The maximum absolute atomic E-state index is 13.0. The molecule has 0 aliphatic carbocycles. The third kappa shape index (κ3) is 4.55. The maximum Gasteiger partial charge on any atom is 0.335 e. The van der Waals surface area contributed by atoms with Gasteiger partial charge in [0, 0.05) is 5.02 Å². The van der Waals surface area contributed by atoms with Crippen LogP contribution in [0.15, 0.2) is 78.4 Å². The number of hydrogen-bond acceptors (Lipinski definition) is 4. The van der Waals surface area contributed by atoms with E-state index in [2.05, 4.69) is 5.32 Å². The predicted octanol–water partition coefficient (Wildman–Crippen LogP) is 4.89. The number of barbiturate groups is 1. The highest BCUT2D eigenvalue weighted by atomic mass is 35.5. The van der Waals surface area contributed by atoms with Crippen molar-refractivity contribution in [2.45, 2.75) is 13.5 Å². The lowest BCUT2D eigenvalue weighted by atomic mass is 10.1. The highest BCUT2D eigenvalue weighted by molar-refractivity contribution is 6.39. The van der Waals surface area contributed by atoms with Crippen molar-refractivity contribution in [3.05, 3.63) is 100 Å². The quantitative estimate of drug-likeness (QED) is 0.447. The highest BCUT2D eigenvalue weighted by Gasteiger charge is 2.36. The van der Waals surface area contributed by atoms with Crippen LogP contribution in [0.3, 0.4) is 0 Å². The van der Waals surface area contributed by atoms with E-state index < -0.39 is 17.8 Å². The summed E-state index contributed by atoms with van der Waals surface area (Å²) in [5.74, 6) is -0.816. The van der Waals surface area contributed by atoms with Gasteiger partial charge in [-0.2, -0.15) is 0 Å². The molecule has 1 aliphatic rings. The smallest absolute Gasteiger partial charge is 0.335 e. The number of aryl methyl sites for hydroxylation is 1. The third-order valence-electron chi connectivity index (χ3n) is 4.95. The minimum atomic E-state index is -0.818. The van der Waals surface area contributed by atoms with Crippen LogP contribution in [0.4, 0.5) is 10.5 Å². The standard InChI is InChI=1S/C25H19ClN2O4/c1-16-7-10-19(14-22(16)26)28-24(30)21(23(29)27-25(28)31)13-17-8-11-20(12-9-17)32-15-18-5-3-2-4-6-18/h2-14H,15H2,1H3,(H,27,29,31)/b21-13-. The molecule has 0 bridgehead atoms. The summed E-state index contributed by atoms with van der Waals surface area (Å²) in [6.45, 7) is 2.24. The third-order valence-corrected chi connectivity index (χ3v) is 5.36. The van der Waals surface area contributed by atoms with Crippen molar-refractivity contribution in [1.29, 1.82) is 0 Å². The number of carbonyl (C=O) groups is 3. The van der Waals surface area contributed by atoms with Gasteiger partial charge in [0.05, 0.1) is 5.69 Å². The minimum absolute atomic E-state index is 0.153. The molecule has 1 N–H and O–H groups in total. The Morgan fingerprint density at radius 1 is 0.969 bits per heavy atom. The lowest BCUT2D eigenvalue weighted by Crippen LogP contribution is -2.54. The second-order valence-electron chi connectivity index (χ2n) is 7.23. The van der Waals surface area contributed by atoms with Gasteiger partial charge in [-0.3, -0.25) is 14.9 Å². The second-order valence-corrected chi connectivity index (χ2v) is 7.64. The summed E-state index contributed by atoms with van der Waals surface area (Å²) in [6, 6.07) is 20.7. The summed E-state index contributed by atoms with van der Waals surface area (Å²) >= 11 is 6.14. The second kappa shape index (κ2) is 9.08. The van der Waals surface area contributed by atoms with Gasteiger partial charge in [0.25, 0.3) is 11.8 Å². The number of hydrogen-bond donors (Lipinski definition) is 1.